The highest BCUT2D eigenvalue weighted by atomic mass is 31.1. The van der Waals surface area contributed by atoms with Crippen LogP contribution >= 0.6 is 8.81 Å². The van der Waals surface area contributed by atoms with Crippen LogP contribution in [0, 0.1) is 20.8 Å². The van der Waals surface area contributed by atoms with Crippen LogP contribution in [0.3, 0.4) is 0 Å². The van der Waals surface area contributed by atoms with Crippen LogP contribution in [0.5, 0.6) is 0 Å². The second-order valence-electron chi connectivity index (χ2n) is 6.88. The molecule has 1 nitrogen and oxygen atoms in total. The van der Waals surface area contributed by atoms with E-state index in [0.29, 0.717) is 14.7 Å². The molecule has 0 spiro atoms. The van der Waals surface area contributed by atoms with Gasteiger partial charge in [-0.05, 0) is 54.8 Å². The molecular weight excluding hydrogens is 335 g/mol. The molecule has 0 bridgehead atoms. The standard InChI is InChI=1S/C24H27OP/c1-18-16-19(2)24(20(3)17-18)23(21-10-6-4-7-11-21)14-15-25-26-22-12-8-5-9-13-22/h4-13,16-17,23,26H,14-15H2,1-3H3. The van der Waals surface area contributed by atoms with Gasteiger partial charge in [0.2, 0.25) is 0 Å². The summed E-state index contributed by atoms with van der Waals surface area (Å²) in [4.78, 5) is 0. The van der Waals surface area contributed by atoms with E-state index in [9.17, 15) is 0 Å². The number of rotatable bonds is 7. The molecule has 3 aromatic rings. The van der Waals surface area contributed by atoms with E-state index in [2.05, 4.69) is 87.5 Å². The van der Waals surface area contributed by atoms with Gasteiger partial charge in [0.15, 0.2) is 0 Å². The smallest absolute Gasteiger partial charge is 0.0518 e. The number of hydrogen-bond donors (Lipinski definition) is 0. The van der Waals surface area contributed by atoms with Crippen LogP contribution in [0.1, 0.15) is 40.2 Å². The zero-order chi connectivity index (χ0) is 18.4. The molecule has 3 aromatic carbocycles. The van der Waals surface area contributed by atoms with Gasteiger partial charge in [-0.2, -0.15) is 0 Å². The van der Waals surface area contributed by atoms with Crippen molar-refractivity contribution in [2.24, 2.45) is 0 Å². The van der Waals surface area contributed by atoms with Crippen molar-refractivity contribution >= 4 is 14.1 Å². The first kappa shape index (κ1) is 18.8. The highest BCUT2D eigenvalue weighted by Crippen LogP contribution is 2.34. The van der Waals surface area contributed by atoms with Gasteiger partial charge in [0.05, 0.1) is 6.61 Å². The van der Waals surface area contributed by atoms with Crippen LogP contribution in [-0.4, -0.2) is 6.61 Å². The van der Waals surface area contributed by atoms with Crippen molar-refractivity contribution in [2.75, 3.05) is 6.61 Å². The average Bonchev–Trinajstić information content (AvgIpc) is 2.64. The molecule has 26 heavy (non-hydrogen) atoms. The summed E-state index contributed by atoms with van der Waals surface area (Å²) >= 11 is 0. The van der Waals surface area contributed by atoms with Crippen LogP contribution in [0.2, 0.25) is 0 Å². The Balaban J connectivity index is 1.77. The fraction of sp³-hybridized carbons (Fsp3) is 0.250. The first-order valence-corrected chi connectivity index (χ1v) is 10.1. The first-order chi connectivity index (χ1) is 12.6. The third-order valence-electron chi connectivity index (χ3n) is 4.76. The lowest BCUT2D eigenvalue weighted by Crippen LogP contribution is -2.09. The van der Waals surface area contributed by atoms with Crippen LogP contribution in [0.15, 0.2) is 72.8 Å². The van der Waals surface area contributed by atoms with Gasteiger partial charge in [0, 0.05) is 14.7 Å². The van der Waals surface area contributed by atoms with Crippen molar-refractivity contribution in [1.82, 2.24) is 0 Å². The first-order valence-electron chi connectivity index (χ1n) is 9.20. The Labute approximate surface area is 159 Å². The summed E-state index contributed by atoms with van der Waals surface area (Å²) in [6, 6.07) is 25.9. The van der Waals surface area contributed by atoms with Crippen LogP contribution in [-0.2, 0) is 4.52 Å². The molecule has 0 aromatic heterocycles. The summed E-state index contributed by atoms with van der Waals surface area (Å²) in [5, 5.41) is 1.26. The topological polar surface area (TPSA) is 9.23 Å². The Kier molecular flexibility index (Phi) is 6.61. The van der Waals surface area contributed by atoms with Gasteiger partial charge in [-0.15, -0.1) is 0 Å². The Morgan fingerprint density at radius 2 is 1.38 bits per heavy atom. The largest absolute Gasteiger partial charge is 0.358 e. The summed E-state index contributed by atoms with van der Waals surface area (Å²) in [7, 11) is 0.412. The van der Waals surface area contributed by atoms with Crippen LogP contribution < -0.4 is 5.30 Å². The van der Waals surface area contributed by atoms with Crippen LogP contribution in [0.4, 0.5) is 0 Å². The summed E-state index contributed by atoms with van der Waals surface area (Å²) in [6.07, 6.45) is 0.995. The van der Waals surface area contributed by atoms with E-state index in [1.165, 1.54) is 33.1 Å². The molecule has 2 heteroatoms. The van der Waals surface area contributed by atoms with E-state index < -0.39 is 0 Å². The molecule has 0 fully saturated rings. The quantitative estimate of drug-likeness (QED) is 0.366. The fourth-order valence-corrected chi connectivity index (χ4v) is 4.44. The summed E-state index contributed by atoms with van der Waals surface area (Å²) in [6.45, 7) is 7.40. The van der Waals surface area contributed by atoms with E-state index in [0.717, 1.165) is 13.0 Å². The van der Waals surface area contributed by atoms with Crippen molar-refractivity contribution in [3.63, 3.8) is 0 Å². The number of hydrogen-bond acceptors (Lipinski definition) is 1. The van der Waals surface area contributed by atoms with E-state index >= 15 is 0 Å². The molecule has 0 heterocycles. The molecule has 0 amide bonds. The maximum absolute atomic E-state index is 6.02. The minimum absolute atomic E-state index is 0.373. The Hall–Kier alpha value is -1.95. The van der Waals surface area contributed by atoms with Gasteiger partial charge < -0.3 is 4.52 Å². The molecule has 134 valence electrons. The maximum Gasteiger partial charge on any atom is 0.0518 e. The van der Waals surface area contributed by atoms with Crippen molar-refractivity contribution in [2.45, 2.75) is 33.1 Å². The average molecular weight is 362 g/mol. The second kappa shape index (κ2) is 9.12. The highest BCUT2D eigenvalue weighted by Gasteiger charge is 2.18. The molecule has 0 radical (unpaired) electrons. The Morgan fingerprint density at radius 1 is 0.808 bits per heavy atom. The maximum atomic E-state index is 6.02. The molecule has 0 aliphatic carbocycles. The van der Waals surface area contributed by atoms with Gasteiger partial charge in [-0.25, -0.2) is 0 Å². The Morgan fingerprint density at radius 3 is 2.00 bits per heavy atom. The van der Waals surface area contributed by atoms with Gasteiger partial charge in [0.25, 0.3) is 0 Å². The molecule has 2 unspecified atom stereocenters. The molecular formula is C24H27OP. The molecule has 0 aliphatic rings. The highest BCUT2D eigenvalue weighted by molar-refractivity contribution is 7.41. The predicted molar refractivity (Wildman–Crippen MR) is 114 cm³/mol. The summed E-state index contributed by atoms with van der Waals surface area (Å²) in [5.74, 6) is 0.373. The van der Waals surface area contributed by atoms with Gasteiger partial charge in [-0.3, -0.25) is 0 Å². The van der Waals surface area contributed by atoms with Crippen molar-refractivity contribution in [1.29, 1.82) is 0 Å². The van der Waals surface area contributed by atoms with Crippen molar-refractivity contribution < 1.29 is 4.52 Å². The number of benzene rings is 3. The molecule has 0 N–H and O–H groups in total. The van der Waals surface area contributed by atoms with E-state index in [4.69, 9.17) is 4.52 Å². The van der Waals surface area contributed by atoms with Crippen LogP contribution in [0.25, 0.3) is 0 Å². The second-order valence-corrected chi connectivity index (χ2v) is 7.95. The number of aryl methyl sites for hydroxylation is 3. The van der Waals surface area contributed by atoms with E-state index in [1.807, 2.05) is 6.07 Å². The summed E-state index contributed by atoms with van der Waals surface area (Å²) < 4.78 is 6.02. The fourth-order valence-electron chi connectivity index (χ4n) is 3.72. The van der Waals surface area contributed by atoms with Crippen molar-refractivity contribution in [3.8, 4) is 0 Å². The zero-order valence-electron chi connectivity index (χ0n) is 15.8. The SMILES string of the molecule is Cc1cc(C)c(C(CCOPc2ccccc2)c2ccccc2)c(C)c1. The summed E-state index contributed by atoms with van der Waals surface area (Å²) in [5.41, 5.74) is 6.91. The Bertz CT molecular complexity index is 804. The lowest BCUT2D eigenvalue weighted by atomic mass is 9.83. The minimum Gasteiger partial charge on any atom is -0.358 e. The monoisotopic (exact) mass is 362 g/mol. The van der Waals surface area contributed by atoms with Gasteiger partial charge in [0.1, 0.15) is 0 Å². The molecule has 0 saturated heterocycles. The third-order valence-corrected chi connectivity index (χ3v) is 5.68. The molecule has 0 saturated carbocycles. The van der Waals surface area contributed by atoms with E-state index in [1.54, 1.807) is 0 Å². The van der Waals surface area contributed by atoms with E-state index in [-0.39, 0.29) is 0 Å². The minimum atomic E-state index is 0.373. The normalized spacial score (nSPS) is 12.6. The predicted octanol–water partition coefficient (Wildman–Crippen LogP) is 6.07. The third kappa shape index (κ3) is 4.81. The lowest BCUT2D eigenvalue weighted by molar-refractivity contribution is 0.348. The lowest BCUT2D eigenvalue weighted by Gasteiger charge is -2.23. The molecule has 0 aliphatic heterocycles. The zero-order valence-corrected chi connectivity index (χ0v) is 16.8. The molecule has 2 atom stereocenters. The van der Waals surface area contributed by atoms with Gasteiger partial charge >= 0.3 is 0 Å². The van der Waals surface area contributed by atoms with Crippen molar-refractivity contribution in [3.05, 3.63) is 101 Å². The van der Waals surface area contributed by atoms with Gasteiger partial charge in [-0.1, -0.05) is 78.4 Å². The molecule has 3 rings (SSSR count).